The zero-order valence-corrected chi connectivity index (χ0v) is 13.0. The van der Waals surface area contributed by atoms with Gasteiger partial charge in [-0.15, -0.1) is 0 Å². The number of hydrogen-bond acceptors (Lipinski definition) is 2. The molecule has 0 aliphatic carbocycles. The maximum Gasteiger partial charge on any atom is 0.118 e. The van der Waals surface area contributed by atoms with E-state index < -0.39 is 0 Å². The molecule has 1 unspecified atom stereocenters. The number of methoxy groups -OCH3 is 1. The van der Waals surface area contributed by atoms with Gasteiger partial charge in [0.15, 0.2) is 0 Å². The van der Waals surface area contributed by atoms with E-state index in [4.69, 9.17) is 4.74 Å². The van der Waals surface area contributed by atoms with Crippen LogP contribution in [-0.4, -0.2) is 25.1 Å². The molecule has 1 aliphatic rings. The molecule has 0 N–H and O–H groups in total. The fourth-order valence-corrected chi connectivity index (χ4v) is 2.42. The van der Waals surface area contributed by atoms with Crippen LogP contribution in [0.1, 0.15) is 45.6 Å². The van der Waals surface area contributed by atoms with E-state index in [0.29, 0.717) is 0 Å². The van der Waals surface area contributed by atoms with Gasteiger partial charge in [-0.05, 0) is 43.0 Å². The SMILES string of the molecule is CCC.COc1ccc(CN2CCCC(C)C2)cc1. The van der Waals surface area contributed by atoms with E-state index >= 15 is 0 Å². The third-order valence-electron chi connectivity index (χ3n) is 3.31. The number of benzene rings is 1. The molecule has 0 saturated carbocycles. The van der Waals surface area contributed by atoms with E-state index in [2.05, 4.69) is 37.8 Å². The highest BCUT2D eigenvalue weighted by Gasteiger charge is 2.15. The molecule has 1 atom stereocenters. The second-order valence-corrected chi connectivity index (χ2v) is 5.54. The first-order valence-corrected chi connectivity index (χ1v) is 7.54. The molecule has 1 saturated heterocycles. The quantitative estimate of drug-likeness (QED) is 0.804. The van der Waals surface area contributed by atoms with Crippen molar-refractivity contribution in [1.82, 2.24) is 4.90 Å². The van der Waals surface area contributed by atoms with Gasteiger partial charge in [0.2, 0.25) is 0 Å². The highest BCUT2D eigenvalue weighted by Crippen LogP contribution is 2.19. The van der Waals surface area contributed by atoms with Crippen molar-refractivity contribution in [3.63, 3.8) is 0 Å². The average molecular weight is 263 g/mol. The van der Waals surface area contributed by atoms with Crippen molar-refractivity contribution in [3.8, 4) is 5.75 Å². The van der Waals surface area contributed by atoms with Gasteiger partial charge in [0, 0.05) is 13.1 Å². The molecular weight excluding hydrogens is 234 g/mol. The predicted octanol–water partition coefficient (Wildman–Crippen LogP) is 4.34. The topological polar surface area (TPSA) is 12.5 Å². The normalized spacial score (nSPS) is 19.5. The lowest BCUT2D eigenvalue weighted by molar-refractivity contribution is 0.176. The average Bonchev–Trinajstić information content (AvgIpc) is 2.40. The van der Waals surface area contributed by atoms with Crippen molar-refractivity contribution in [3.05, 3.63) is 29.8 Å². The van der Waals surface area contributed by atoms with Crippen LogP contribution in [0.3, 0.4) is 0 Å². The van der Waals surface area contributed by atoms with Crippen LogP contribution >= 0.6 is 0 Å². The molecule has 0 aromatic heterocycles. The van der Waals surface area contributed by atoms with Crippen molar-refractivity contribution in [2.24, 2.45) is 5.92 Å². The van der Waals surface area contributed by atoms with Crippen LogP contribution in [0.4, 0.5) is 0 Å². The molecule has 108 valence electrons. The van der Waals surface area contributed by atoms with Crippen LogP contribution in [0.5, 0.6) is 5.75 Å². The molecule has 1 aliphatic heterocycles. The molecule has 1 aromatic rings. The maximum absolute atomic E-state index is 5.16. The molecule has 1 heterocycles. The first kappa shape index (κ1) is 16.0. The van der Waals surface area contributed by atoms with Gasteiger partial charge in [0.1, 0.15) is 5.75 Å². The minimum atomic E-state index is 0.854. The van der Waals surface area contributed by atoms with E-state index in [1.54, 1.807) is 7.11 Å². The molecule has 2 rings (SSSR count). The summed E-state index contributed by atoms with van der Waals surface area (Å²) < 4.78 is 5.16. The summed E-state index contributed by atoms with van der Waals surface area (Å²) in [6, 6.07) is 8.42. The van der Waals surface area contributed by atoms with Gasteiger partial charge < -0.3 is 4.74 Å². The van der Waals surface area contributed by atoms with Crippen molar-refractivity contribution in [2.45, 2.75) is 46.6 Å². The van der Waals surface area contributed by atoms with E-state index in [-0.39, 0.29) is 0 Å². The third kappa shape index (κ3) is 6.11. The van der Waals surface area contributed by atoms with Crippen molar-refractivity contribution >= 4 is 0 Å². The zero-order chi connectivity index (χ0) is 14.1. The Kier molecular flexibility index (Phi) is 7.57. The summed E-state index contributed by atoms with van der Waals surface area (Å²) in [4.78, 5) is 2.55. The fraction of sp³-hybridized carbons (Fsp3) is 0.647. The summed E-state index contributed by atoms with van der Waals surface area (Å²) in [6.45, 7) is 10.2. The van der Waals surface area contributed by atoms with Gasteiger partial charge in [-0.1, -0.05) is 39.3 Å². The third-order valence-corrected chi connectivity index (χ3v) is 3.31. The van der Waals surface area contributed by atoms with Crippen molar-refractivity contribution in [2.75, 3.05) is 20.2 Å². The second-order valence-electron chi connectivity index (χ2n) is 5.54. The Labute approximate surface area is 118 Å². The summed E-state index contributed by atoms with van der Waals surface area (Å²) in [6.07, 6.45) is 3.98. The zero-order valence-electron chi connectivity index (χ0n) is 13.0. The summed E-state index contributed by atoms with van der Waals surface area (Å²) in [5, 5.41) is 0. The summed E-state index contributed by atoms with van der Waals surface area (Å²) in [5.41, 5.74) is 1.38. The highest BCUT2D eigenvalue weighted by molar-refractivity contribution is 5.27. The molecule has 1 fully saturated rings. The minimum Gasteiger partial charge on any atom is -0.497 e. The molecule has 0 radical (unpaired) electrons. The van der Waals surface area contributed by atoms with Crippen LogP contribution in [-0.2, 0) is 6.54 Å². The van der Waals surface area contributed by atoms with Gasteiger partial charge in [-0.25, -0.2) is 0 Å². The lowest BCUT2D eigenvalue weighted by atomic mass is 10.00. The van der Waals surface area contributed by atoms with Crippen LogP contribution in [0.2, 0.25) is 0 Å². The smallest absolute Gasteiger partial charge is 0.118 e. The van der Waals surface area contributed by atoms with Gasteiger partial charge in [-0.3, -0.25) is 4.90 Å². The minimum absolute atomic E-state index is 0.854. The largest absolute Gasteiger partial charge is 0.497 e. The second kappa shape index (κ2) is 8.98. The molecule has 0 bridgehead atoms. The van der Waals surface area contributed by atoms with Crippen LogP contribution in [0.15, 0.2) is 24.3 Å². The van der Waals surface area contributed by atoms with Crippen molar-refractivity contribution in [1.29, 1.82) is 0 Å². The first-order valence-electron chi connectivity index (χ1n) is 7.54. The number of likely N-dealkylation sites (tertiary alicyclic amines) is 1. The molecule has 0 amide bonds. The number of ether oxygens (including phenoxy) is 1. The van der Waals surface area contributed by atoms with Gasteiger partial charge in [0.05, 0.1) is 7.11 Å². The Hall–Kier alpha value is -1.02. The van der Waals surface area contributed by atoms with Crippen LogP contribution < -0.4 is 4.74 Å². The van der Waals surface area contributed by atoms with E-state index in [1.165, 1.54) is 37.9 Å². The lowest BCUT2D eigenvalue weighted by Gasteiger charge is -2.30. The van der Waals surface area contributed by atoms with Gasteiger partial charge >= 0.3 is 0 Å². The lowest BCUT2D eigenvalue weighted by Crippen LogP contribution is -2.33. The Balaban J connectivity index is 0.000000550. The Morgan fingerprint density at radius 2 is 1.84 bits per heavy atom. The number of piperidine rings is 1. The van der Waals surface area contributed by atoms with E-state index in [0.717, 1.165) is 18.2 Å². The molecule has 19 heavy (non-hydrogen) atoms. The molecule has 2 heteroatoms. The molecular formula is C17H29NO. The Morgan fingerprint density at radius 3 is 2.37 bits per heavy atom. The van der Waals surface area contributed by atoms with Gasteiger partial charge in [-0.2, -0.15) is 0 Å². The molecule has 1 aromatic carbocycles. The van der Waals surface area contributed by atoms with Crippen LogP contribution in [0, 0.1) is 5.92 Å². The van der Waals surface area contributed by atoms with E-state index in [9.17, 15) is 0 Å². The summed E-state index contributed by atoms with van der Waals surface area (Å²) in [5.74, 6) is 1.79. The number of hydrogen-bond donors (Lipinski definition) is 0. The predicted molar refractivity (Wildman–Crippen MR) is 82.6 cm³/mol. The fourth-order valence-electron chi connectivity index (χ4n) is 2.42. The van der Waals surface area contributed by atoms with Gasteiger partial charge in [0.25, 0.3) is 0 Å². The molecule has 2 nitrogen and oxygen atoms in total. The van der Waals surface area contributed by atoms with Crippen molar-refractivity contribution < 1.29 is 4.74 Å². The van der Waals surface area contributed by atoms with Crippen LogP contribution in [0.25, 0.3) is 0 Å². The Morgan fingerprint density at radius 1 is 1.21 bits per heavy atom. The standard InChI is InChI=1S/C14H21NO.C3H8/c1-12-4-3-9-15(10-12)11-13-5-7-14(16-2)8-6-13;1-3-2/h5-8,12H,3-4,9-11H2,1-2H3;3H2,1-2H3. The number of rotatable bonds is 3. The number of nitrogens with zero attached hydrogens (tertiary/aromatic N) is 1. The monoisotopic (exact) mass is 263 g/mol. The summed E-state index contributed by atoms with van der Waals surface area (Å²) in [7, 11) is 1.71. The molecule has 0 spiro atoms. The maximum atomic E-state index is 5.16. The highest BCUT2D eigenvalue weighted by atomic mass is 16.5. The van der Waals surface area contributed by atoms with E-state index in [1.807, 2.05) is 12.1 Å². The summed E-state index contributed by atoms with van der Waals surface area (Å²) >= 11 is 0. The first-order chi connectivity index (χ1) is 9.19. The Bertz CT molecular complexity index is 334.